The Morgan fingerprint density at radius 2 is 2.25 bits per heavy atom. The maximum atomic E-state index is 5.14. The summed E-state index contributed by atoms with van der Waals surface area (Å²) >= 11 is 0. The highest BCUT2D eigenvalue weighted by Gasteiger charge is 2.07. The van der Waals surface area contributed by atoms with Crippen LogP contribution >= 0.6 is 0 Å². The normalized spacial score (nSPS) is 11.2. The highest BCUT2D eigenvalue weighted by molar-refractivity contribution is 5.76. The van der Waals surface area contributed by atoms with Gasteiger partial charge in [0.25, 0.3) is 0 Å². The number of hydrogen-bond donors (Lipinski definition) is 0. The van der Waals surface area contributed by atoms with Gasteiger partial charge in [-0.15, -0.1) is 5.10 Å². The van der Waals surface area contributed by atoms with E-state index in [0.717, 1.165) is 5.39 Å². The van der Waals surface area contributed by atoms with Gasteiger partial charge in [0.2, 0.25) is 5.71 Å². The molecule has 0 unspecified atom stereocenters. The summed E-state index contributed by atoms with van der Waals surface area (Å²) in [5.74, 6) is 0.459. The number of nitrogens with zero attached hydrogens (tertiary/aromatic N) is 2. The number of fused-ring (bicyclic) bond motifs is 1. The molecule has 2 rings (SSSR count). The average Bonchev–Trinajstić information content (AvgIpc) is 2.49. The molecule has 3 nitrogen and oxygen atoms in total. The fourth-order valence-corrected chi connectivity index (χ4v) is 1.27. The molecule has 0 spiro atoms. The molecule has 0 bridgehead atoms. The Morgan fingerprint density at radius 3 is 3.00 bits per heavy atom. The van der Waals surface area contributed by atoms with Crippen molar-refractivity contribution in [1.29, 1.82) is 0 Å². The topological polar surface area (TPSA) is 38.9 Å². The summed E-state index contributed by atoms with van der Waals surface area (Å²) in [4.78, 5) is 0. The molecule has 2 aromatic rings. The van der Waals surface area contributed by atoms with Crippen LogP contribution in [0.1, 0.15) is 25.3 Å². The van der Waals surface area contributed by atoms with E-state index in [9.17, 15) is 0 Å². The summed E-state index contributed by atoms with van der Waals surface area (Å²) in [6.45, 7) is 4.26. The third-order valence-corrected chi connectivity index (χ3v) is 1.92. The summed E-state index contributed by atoms with van der Waals surface area (Å²) < 4.78 is 5.14. The second kappa shape index (κ2) is 2.59. The fraction of sp³-hybridized carbons (Fsp3) is 0.333. The molecule has 62 valence electrons. The Balaban J connectivity index is 2.73. The largest absolute Gasteiger partial charge is 0.445 e. The Hall–Kier alpha value is -1.38. The van der Waals surface area contributed by atoms with E-state index in [-0.39, 0.29) is 0 Å². The third kappa shape index (κ3) is 0.978. The van der Waals surface area contributed by atoms with E-state index in [0.29, 0.717) is 11.6 Å². The molecule has 0 saturated heterocycles. The van der Waals surface area contributed by atoms with E-state index in [1.807, 2.05) is 6.07 Å². The molecule has 0 saturated carbocycles. The molecule has 12 heavy (non-hydrogen) atoms. The summed E-state index contributed by atoms with van der Waals surface area (Å²) in [5, 5.41) is 8.80. The Kier molecular flexibility index (Phi) is 1.57. The molecule has 0 radical (unpaired) electrons. The number of rotatable bonds is 1. The first kappa shape index (κ1) is 7.28. The van der Waals surface area contributed by atoms with Gasteiger partial charge in [-0.05, 0) is 17.5 Å². The first-order valence-electron chi connectivity index (χ1n) is 3.98. The number of hydrogen-bond acceptors (Lipinski definition) is 3. The van der Waals surface area contributed by atoms with Crippen molar-refractivity contribution >= 4 is 11.1 Å². The first-order chi connectivity index (χ1) is 5.79. The monoisotopic (exact) mass is 162 g/mol. The van der Waals surface area contributed by atoms with Gasteiger partial charge < -0.3 is 4.42 Å². The summed E-state index contributed by atoms with van der Waals surface area (Å²) in [7, 11) is 0. The highest BCUT2D eigenvalue weighted by Crippen LogP contribution is 2.22. The van der Waals surface area contributed by atoms with Gasteiger partial charge in [0.05, 0.1) is 12.5 Å². The van der Waals surface area contributed by atoms with Crippen molar-refractivity contribution in [3.63, 3.8) is 0 Å². The zero-order valence-corrected chi connectivity index (χ0v) is 7.11. The van der Waals surface area contributed by atoms with Gasteiger partial charge in [0.15, 0.2) is 0 Å². The molecule has 0 fully saturated rings. The molecular weight excluding hydrogens is 152 g/mol. The van der Waals surface area contributed by atoms with Crippen LogP contribution in [0.3, 0.4) is 0 Å². The van der Waals surface area contributed by atoms with Crippen LogP contribution in [0.15, 0.2) is 22.9 Å². The van der Waals surface area contributed by atoms with E-state index in [1.165, 1.54) is 5.56 Å². The zero-order chi connectivity index (χ0) is 8.55. The zero-order valence-electron chi connectivity index (χ0n) is 7.11. The second-order valence-electron chi connectivity index (χ2n) is 3.09. The van der Waals surface area contributed by atoms with Gasteiger partial charge >= 0.3 is 0 Å². The lowest BCUT2D eigenvalue weighted by Gasteiger charge is -2.03. The van der Waals surface area contributed by atoms with E-state index < -0.39 is 0 Å². The average molecular weight is 162 g/mol. The van der Waals surface area contributed by atoms with Crippen LogP contribution in [-0.4, -0.2) is 10.2 Å². The predicted molar refractivity (Wildman–Crippen MR) is 45.9 cm³/mol. The molecule has 0 amide bonds. The second-order valence-corrected chi connectivity index (χ2v) is 3.09. The van der Waals surface area contributed by atoms with Crippen molar-refractivity contribution in [1.82, 2.24) is 10.2 Å². The molecule has 2 heterocycles. The summed E-state index contributed by atoms with van der Waals surface area (Å²) in [6.07, 6.45) is 3.44. The van der Waals surface area contributed by atoms with Crippen molar-refractivity contribution in [2.75, 3.05) is 0 Å². The summed E-state index contributed by atoms with van der Waals surface area (Å²) in [5.41, 5.74) is 1.81. The van der Waals surface area contributed by atoms with Crippen molar-refractivity contribution in [3.8, 4) is 0 Å². The molecular formula is C9H10N2O. The van der Waals surface area contributed by atoms with Crippen molar-refractivity contribution in [2.24, 2.45) is 0 Å². The van der Waals surface area contributed by atoms with E-state index >= 15 is 0 Å². The fourth-order valence-electron chi connectivity index (χ4n) is 1.27. The highest BCUT2D eigenvalue weighted by atomic mass is 16.3. The lowest BCUT2D eigenvalue weighted by Crippen LogP contribution is -1.91. The van der Waals surface area contributed by atoms with E-state index in [4.69, 9.17) is 4.42 Å². The predicted octanol–water partition coefficient (Wildman–Crippen LogP) is 2.35. The molecule has 0 aromatic carbocycles. The lowest BCUT2D eigenvalue weighted by molar-refractivity contribution is 0.596. The molecule has 0 aliphatic heterocycles. The molecule has 0 aliphatic carbocycles. The number of furan rings is 1. The maximum Gasteiger partial charge on any atom is 0.246 e. The Labute approximate surface area is 70.4 Å². The molecule has 0 aliphatic rings. The van der Waals surface area contributed by atoms with Gasteiger partial charge in [-0.2, -0.15) is 5.10 Å². The molecule has 3 heteroatoms. The van der Waals surface area contributed by atoms with Gasteiger partial charge in [-0.1, -0.05) is 13.8 Å². The van der Waals surface area contributed by atoms with E-state index in [1.54, 1.807) is 12.5 Å². The van der Waals surface area contributed by atoms with Crippen LogP contribution < -0.4 is 0 Å². The molecule has 2 aromatic heterocycles. The van der Waals surface area contributed by atoms with Crippen LogP contribution in [0.5, 0.6) is 0 Å². The third-order valence-electron chi connectivity index (χ3n) is 1.92. The van der Waals surface area contributed by atoms with Crippen molar-refractivity contribution in [2.45, 2.75) is 19.8 Å². The van der Waals surface area contributed by atoms with Crippen LogP contribution in [0, 0.1) is 0 Å². The van der Waals surface area contributed by atoms with Crippen LogP contribution in [0.2, 0.25) is 0 Å². The minimum Gasteiger partial charge on any atom is -0.445 e. The van der Waals surface area contributed by atoms with Crippen LogP contribution in [0.4, 0.5) is 0 Å². The molecule has 0 atom stereocenters. The Morgan fingerprint density at radius 1 is 1.42 bits per heavy atom. The standard InChI is InChI=1S/C9H10N2O/c1-6(2)8-5-10-11-9-7(8)3-4-12-9/h3-6H,1-2H3. The maximum absolute atomic E-state index is 5.14. The van der Waals surface area contributed by atoms with Crippen molar-refractivity contribution in [3.05, 3.63) is 24.1 Å². The molecule has 0 N–H and O–H groups in total. The minimum atomic E-state index is 0.459. The number of aromatic nitrogens is 2. The Bertz CT molecular complexity index is 392. The van der Waals surface area contributed by atoms with Crippen LogP contribution in [0.25, 0.3) is 11.1 Å². The lowest BCUT2D eigenvalue weighted by atomic mass is 10.0. The van der Waals surface area contributed by atoms with Gasteiger partial charge in [0, 0.05) is 5.39 Å². The quantitative estimate of drug-likeness (QED) is 0.646. The smallest absolute Gasteiger partial charge is 0.246 e. The van der Waals surface area contributed by atoms with Gasteiger partial charge in [0.1, 0.15) is 0 Å². The van der Waals surface area contributed by atoms with Crippen molar-refractivity contribution < 1.29 is 4.42 Å². The van der Waals surface area contributed by atoms with Gasteiger partial charge in [-0.25, -0.2) is 0 Å². The summed E-state index contributed by atoms with van der Waals surface area (Å²) in [6, 6.07) is 1.93. The minimum absolute atomic E-state index is 0.459. The van der Waals surface area contributed by atoms with E-state index in [2.05, 4.69) is 24.0 Å². The van der Waals surface area contributed by atoms with Gasteiger partial charge in [-0.3, -0.25) is 0 Å². The SMILES string of the molecule is CC(C)c1cnnc2occc12. The first-order valence-corrected chi connectivity index (χ1v) is 3.98. The van der Waals surface area contributed by atoms with Crippen LogP contribution in [-0.2, 0) is 0 Å².